The summed E-state index contributed by atoms with van der Waals surface area (Å²) in [6.45, 7) is 5.68. The number of rotatable bonds is 8. The van der Waals surface area contributed by atoms with Crippen molar-refractivity contribution in [3.63, 3.8) is 0 Å². The summed E-state index contributed by atoms with van der Waals surface area (Å²) in [6, 6.07) is 9.05. The molecule has 0 aliphatic heterocycles. The Morgan fingerprint density at radius 2 is 1.65 bits per heavy atom. The first-order chi connectivity index (χ1) is 9.76. The van der Waals surface area contributed by atoms with Crippen molar-refractivity contribution in [3.8, 4) is 0 Å². The molecule has 0 heterocycles. The third-order valence-electron chi connectivity index (χ3n) is 2.42. The standard InChI is InChI=1S/C11H14O2.C5H10O2/c1-2-3-9-13-11(12)10-7-5-4-6-8-10;1-2-3-4-7-5-6/h4-8H,2-3,9H2,1H3;5H,2-4H2,1H3. The molecule has 0 N–H and O–H groups in total. The SMILES string of the molecule is CCCCOC(=O)c1ccccc1.CCCCOC=O. The van der Waals surface area contributed by atoms with Gasteiger partial charge < -0.3 is 9.47 Å². The maximum absolute atomic E-state index is 11.3. The molecule has 0 bridgehead atoms. The predicted octanol–water partition coefficient (Wildman–Crippen LogP) is 3.60. The number of ether oxygens (including phenoxy) is 2. The molecular weight excluding hydrogens is 256 g/mol. The molecule has 1 aromatic rings. The number of carbonyl (C=O) groups excluding carboxylic acids is 2. The zero-order valence-electron chi connectivity index (χ0n) is 12.3. The second-order valence-corrected chi connectivity index (χ2v) is 4.18. The summed E-state index contributed by atoms with van der Waals surface area (Å²) in [4.78, 5) is 20.8. The van der Waals surface area contributed by atoms with E-state index in [9.17, 15) is 9.59 Å². The van der Waals surface area contributed by atoms with Gasteiger partial charge in [0.2, 0.25) is 0 Å². The van der Waals surface area contributed by atoms with Crippen LogP contribution in [0.4, 0.5) is 0 Å². The van der Waals surface area contributed by atoms with Crippen LogP contribution < -0.4 is 0 Å². The van der Waals surface area contributed by atoms with Crippen molar-refractivity contribution in [1.29, 1.82) is 0 Å². The monoisotopic (exact) mass is 280 g/mol. The quantitative estimate of drug-likeness (QED) is 0.415. The molecule has 0 atom stereocenters. The highest BCUT2D eigenvalue weighted by atomic mass is 16.5. The van der Waals surface area contributed by atoms with Crippen LogP contribution in [0.25, 0.3) is 0 Å². The second-order valence-electron chi connectivity index (χ2n) is 4.18. The number of carbonyl (C=O) groups is 2. The average Bonchev–Trinajstić information content (AvgIpc) is 2.49. The van der Waals surface area contributed by atoms with Gasteiger partial charge in [-0.2, -0.15) is 0 Å². The van der Waals surface area contributed by atoms with Crippen LogP contribution in [-0.2, 0) is 14.3 Å². The average molecular weight is 280 g/mol. The van der Waals surface area contributed by atoms with Crippen molar-refractivity contribution in [1.82, 2.24) is 0 Å². The van der Waals surface area contributed by atoms with Gasteiger partial charge in [0.15, 0.2) is 0 Å². The molecule has 112 valence electrons. The molecule has 20 heavy (non-hydrogen) atoms. The van der Waals surface area contributed by atoms with Crippen molar-refractivity contribution in [2.75, 3.05) is 13.2 Å². The highest BCUT2D eigenvalue weighted by Gasteiger charge is 2.03. The molecule has 0 saturated heterocycles. The van der Waals surface area contributed by atoms with Gasteiger partial charge in [0, 0.05) is 0 Å². The lowest BCUT2D eigenvalue weighted by atomic mass is 10.2. The minimum Gasteiger partial charge on any atom is -0.468 e. The Morgan fingerprint density at radius 3 is 2.20 bits per heavy atom. The lowest BCUT2D eigenvalue weighted by Crippen LogP contribution is -2.05. The summed E-state index contributed by atoms with van der Waals surface area (Å²) in [5.41, 5.74) is 0.624. The first kappa shape index (κ1) is 18.2. The highest BCUT2D eigenvalue weighted by Crippen LogP contribution is 2.01. The maximum Gasteiger partial charge on any atom is 0.338 e. The van der Waals surface area contributed by atoms with Gasteiger partial charge in [-0.25, -0.2) is 4.79 Å². The first-order valence-corrected chi connectivity index (χ1v) is 7.03. The topological polar surface area (TPSA) is 52.6 Å². The third kappa shape index (κ3) is 10.1. The molecular formula is C16H24O4. The Labute approximate surface area is 121 Å². The van der Waals surface area contributed by atoms with Crippen molar-refractivity contribution in [2.24, 2.45) is 0 Å². The Kier molecular flexibility index (Phi) is 12.3. The molecule has 4 nitrogen and oxygen atoms in total. The molecule has 1 rings (SSSR count). The van der Waals surface area contributed by atoms with Crippen LogP contribution in [0.1, 0.15) is 49.9 Å². The van der Waals surface area contributed by atoms with Gasteiger partial charge in [0.25, 0.3) is 6.47 Å². The van der Waals surface area contributed by atoms with Crippen LogP contribution in [0.3, 0.4) is 0 Å². The summed E-state index contributed by atoms with van der Waals surface area (Å²) in [5.74, 6) is -0.228. The van der Waals surface area contributed by atoms with Gasteiger partial charge in [-0.1, -0.05) is 44.9 Å². The summed E-state index contributed by atoms with van der Waals surface area (Å²) in [7, 11) is 0. The van der Waals surface area contributed by atoms with Crippen LogP contribution in [0, 0.1) is 0 Å². The minimum atomic E-state index is -0.228. The Bertz CT molecular complexity index is 349. The predicted molar refractivity (Wildman–Crippen MR) is 78.6 cm³/mol. The Hall–Kier alpha value is -1.84. The molecule has 0 fully saturated rings. The van der Waals surface area contributed by atoms with E-state index in [4.69, 9.17) is 4.74 Å². The van der Waals surface area contributed by atoms with E-state index >= 15 is 0 Å². The van der Waals surface area contributed by atoms with Gasteiger partial charge in [-0.15, -0.1) is 0 Å². The van der Waals surface area contributed by atoms with E-state index in [0.717, 1.165) is 25.7 Å². The van der Waals surface area contributed by atoms with Crippen LogP contribution in [0.15, 0.2) is 30.3 Å². The number of esters is 1. The van der Waals surface area contributed by atoms with Crippen molar-refractivity contribution in [3.05, 3.63) is 35.9 Å². The number of hydrogen-bond donors (Lipinski definition) is 0. The van der Waals surface area contributed by atoms with E-state index in [1.54, 1.807) is 12.1 Å². The minimum absolute atomic E-state index is 0.228. The summed E-state index contributed by atoms with van der Waals surface area (Å²) in [5, 5.41) is 0. The van der Waals surface area contributed by atoms with Gasteiger partial charge in [-0.3, -0.25) is 4.79 Å². The Morgan fingerprint density at radius 1 is 1.05 bits per heavy atom. The Balaban J connectivity index is 0.000000441. The normalized spacial score (nSPS) is 9.10. The smallest absolute Gasteiger partial charge is 0.338 e. The zero-order valence-corrected chi connectivity index (χ0v) is 12.3. The second kappa shape index (κ2) is 13.6. The molecule has 0 amide bonds. The highest BCUT2D eigenvalue weighted by molar-refractivity contribution is 5.89. The number of benzene rings is 1. The summed E-state index contributed by atoms with van der Waals surface area (Å²) >= 11 is 0. The molecule has 0 spiro atoms. The third-order valence-corrected chi connectivity index (χ3v) is 2.42. The van der Waals surface area contributed by atoms with Crippen LogP contribution in [0.5, 0.6) is 0 Å². The largest absolute Gasteiger partial charge is 0.468 e. The fourth-order valence-electron chi connectivity index (χ4n) is 1.24. The molecule has 0 aromatic heterocycles. The van der Waals surface area contributed by atoms with Gasteiger partial charge >= 0.3 is 5.97 Å². The lowest BCUT2D eigenvalue weighted by Gasteiger charge is -2.02. The molecule has 0 aliphatic rings. The van der Waals surface area contributed by atoms with E-state index in [1.807, 2.05) is 25.1 Å². The van der Waals surface area contributed by atoms with E-state index in [1.165, 1.54) is 0 Å². The van der Waals surface area contributed by atoms with Crippen molar-refractivity contribution < 1.29 is 19.1 Å². The maximum atomic E-state index is 11.3. The number of unbranched alkanes of at least 4 members (excludes halogenated alkanes) is 2. The van der Waals surface area contributed by atoms with Gasteiger partial charge in [0.1, 0.15) is 0 Å². The van der Waals surface area contributed by atoms with Crippen LogP contribution in [0.2, 0.25) is 0 Å². The van der Waals surface area contributed by atoms with E-state index in [0.29, 0.717) is 25.2 Å². The molecule has 0 radical (unpaired) electrons. The number of hydrogen-bond acceptors (Lipinski definition) is 4. The van der Waals surface area contributed by atoms with Crippen LogP contribution >= 0.6 is 0 Å². The van der Waals surface area contributed by atoms with Crippen LogP contribution in [-0.4, -0.2) is 25.7 Å². The molecule has 0 unspecified atom stereocenters. The van der Waals surface area contributed by atoms with E-state index in [-0.39, 0.29) is 5.97 Å². The van der Waals surface area contributed by atoms with Gasteiger partial charge in [0.05, 0.1) is 18.8 Å². The lowest BCUT2D eigenvalue weighted by molar-refractivity contribution is -0.128. The van der Waals surface area contributed by atoms with Crippen molar-refractivity contribution in [2.45, 2.75) is 39.5 Å². The molecule has 0 aliphatic carbocycles. The van der Waals surface area contributed by atoms with E-state index < -0.39 is 0 Å². The van der Waals surface area contributed by atoms with Crippen molar-refractivity contribution >= 4 is 12.4 Å². The molecule has 1 aromatic carbocycles. The van der Waals surface area contributed by atoms with Gasteiger partial charge in [-0.05, 0) is 25.0 Å². The fraction of sp³-hybridized carbons (Fsp3) is 0.500. The fourth-order valence-corrected chi connectivity index (χ4v) is 1.24. The summed E-state index contributed by atoms with van der Waals surface area (Å²) in [6.07, 6.45) is 4.02. The summed E-state index contributed by atoms with van der Waals surface area (Å²) < 4.78 is 9.42. The molecule has 0 saturated carbocycles. The molecule has 4 heteroatoms. The first-order valence-electron chi connectivity index (χ1n) is 7.03. The zero-order chi connectivity index (χ0) is 15.1. The van der Waals surface area contributed by atoms with E-state index in [2.05, 4.69) is 11.7 Å².